The van der Waals surface area contributed by atoms with Crippen LogP contribution in [0.5, 0.6) is 0 Å². The minimum absolute atomic E-state index is 0.447. The average Bonchev–Trinajstić information content (AvgIpc) is 1.88. The summed E-state index contributed by atoms with van der Waals surface area (Å²) >= 11 is 3.06. The van der Waals surface area contributed by atoms with Gasteiger partial charge in [0.15, 0.2) is 0 Å². The molecule has 0 aliphatic carbocycles. The van der Waals surface area contributed by atoms with E-state index in [1.165, 1.54) is 0 Å². The molecule has 0 saturated heterocycles. The van der Waals surface area contributed by atoms with Gasteiger partial charge < -0.3 is 0 Å². The van der Waals surface area contributed by atoms with Crippen LogP contribution in [0.15, 0.2) is 0 Å². The molecule has 0 saturated carbocycles. The molecule has 0 bridgehead atoms. The normalized spacial score (nSPS) is 12.5. The number of hydrogen-bond donors (Lipinski definition) is 0. The van der Waals surface area contributed by atoms with Crippen LogP contribution >= 0.6 is 5.96 Å². The Morgan fingerprint density at radius 2 is 1.55 bits per heavy atom. The van der Waals surface area contributed by atoms with Crippen molar-refractivity contribution in [3.63, 3.8) is 0 Å². The van der Waals surface area contributed by atoms with E-state index < -0.39 is 5.96 Å². The van der Waals surface area contributed by atoms with Crippen LogP contribution in [0.2, 0.25) is 0 Å². The summed E-state index contributed by atoms with van der Waals surface area (Å²) in [5.74, 6) is -1.67. The van der Waals surface area contributed by atoms with E-state index in [9.17, 15) is 0 Å². The minimum atomic E-state index is -1.67. The van der Waals surface area contributed by atoms with E-state index in [-0.39, 0.29) is 0 Å². The predicted molar refractivity (Wildman–Crippen MR) is 51.1 cm³/mol. The quantitative estimate of drug-likeness (QED) is 0.545. The van der Waals surface area contributed by atoms with Crippen LogP contribution in [0.1, 0.15) is 27.7 Å². The topological polar surface area (TPSA) is 18.5 Å². The molecule has 4 heteroatoms. The summed E-state index contributed by atoms with van der Waals surface area (Å²) in [4.78, 5) is 0. The molecule has 11 heavy (non-hydrogen) atoms. The van der Waals surface area contributed by atoms with Gasteiger partial charge in [0.05, 0.1) is 0 Å². The Balaban J connectivity index is 4.14. The summed E-state index contributed by atoms with van der Waals surface area (Å²) in [6.07, 6.45) is 0. The summed E-state index contributed by atoms with van der Waals surface area (Å²) in [5, 5.41) is 0. The van der Waals surface area contributed by atoms with E-state index in [1.807, 2.05) is 13.8 Å². The Labute approximate surface area is 77.0 Å². The zero-order chi connectivity index (χ0) is 8.91. The van der Waals surface area contributed by atoms with Crippen molar-refractivity contribution in [2.24, 2.45) is 0 Å². The summed E-state index contributed by atoms with van der Waals surface area (Å²) in [6, 6.07) is 0. The van der Waals surface area contributed by atoms with Gasteiger partial charge >= 0.3 is 76.7 Å². The van der Waals surface area contributed by atoms with Gasteiger partial charge in [-0.05, 0) is 0 Å². The van der Waals surface area contributed by atoms with Crippen LogP contribution in [-0.4, -0.2) is 34.0 Å². The Kier molecular flexibility index (Phi) is 5.94. The van der Waals surface area contributed by atoms with Gasteiger partial charge in [-0.15, -0.1) is 0 Å². The van der Waals surface area contributed by atoms with E-state index in [2.05, 4.69) is 28.9 Å². The van der Waals surface area contributed by atoms with E-state index >= 15 is 0 Å². The van der Waals surface area contributed by atoms with Crippen LogP contribution in [0.4, 0.5) is 0 Å². The van der Waals surface area contributed by atoms with Gasteiger partial charge in [-0.3, -0.25) is 0 Å². The van der Waals surface area contributed by atoms with Crippen molar-refractivity contribution in [2.45, 2.75) is 33.4 Å². The molecule has 0 fully saturated rings. The first-order valence-corrected chi connectivity index (χ1v) is 7.86. The van der Waals surface area contributed by atoms with Crippen molar-refractivity contribution in [1.82, 2.24) is 0 Å². The molecule has 0 amide bonds. The van der Waals surface area contributed by atoms with Gasteiger partial charge in [0.25, 0.3) is 0 Å². The Hall–Kier alpha value is 0.869. The molecule has 2 nitrogen and oxygen atoms in total. The van der Waals surface area contributed by atoms with Crippen LogP contribution in [0.25, 0.3) is 0 Å². The SMILES string of the molecule is CCOP(=[Se])(OCC)C(C)C. The Morgan fingerprint density at radius 3 is 1.73 bits per heavy atom. The molecule has 0 N–H and O–H groups in total. The Bertz CT molecular complexity index is 137. The first-order chi connectivity index (χ1) is 5.06. The van der Waals surface area contributed by atoms with Crippen LogP contribution < -0.4 is 0 Å². The molecule has 68 valence electrons. The number of rotatable bonds is 5. The van der Waals surface area contributed by atoms with E-state index in [1.54, 1.807) is 0 Å². The third kappa shape index (κ3) is 3.87. The zero-order valence-electron chi connectivity index (χ0n) is 7.66. The predicted octanol–water partition coefficient (Wildman–Crippen LogP) is 2.40. The maximum absolute atomic E-state index is 5.56. The van der Waals surface area contributed by atoms with Crippen molar-refractivity contribution in [2.75, 3.05) is 13.2 Å². The monoisotopic (exact) mass is 244 g/mol. The molecule has 0 unspecified atom stereocenters. The molecule has 0 aromatic rings. The molecule has 0 aromatic heterocycles. The summed E-state index contributed by atoms with van der Waals surface area (Å²) < 4.78 is 11.1. The van der Waals surface area contributed by atoms with Crippen molar-refractivity contribution in [3.05, 3.63) is 0 Å². The fourth-order valence-corrected chi connectivity index (χ4v) is 3.41. The van der Waals surface area contributed by atoms with Gasteiger partial charge in [-0.1, -0.05) is 0 Å². The van der Waals surface area contributed by atoms with Gasteiger partial charge in [-0.2, -0.15) is 0 Å². The summed E-state index contributed by atoms with van der Waals surface area (Å²) in [5.41, 5.74) is 0.447. The van der Waals surface area contributed by atoms with E-state index in [0.29, 0.717) is 5.66 Å². The van der Waals surface area contributed by atoms with Crippen molar-refractivity contribution in [1.29, 1.82) is 0 Å². The van der Waals surface area contributed by atoms with Crippen LogP contribution in [0, 0.1) is 0 Å². The molecular formula is C7H17O2PSe. The third-order valence-electron chi connectivity index (χ3n) is 1.25. The standard InChI is InChI=1S/C7H17O2PSe/c1-5-8-10(11,7(3)4)9-6-2/h7H,5-6H2,1-4H3. The van der Waals surface area contributed by atoms with Crippen molar-refractivity contribution < 1.29 is 9.05 Å². The number of hydrogen-bond acceptors (Lipinski definition) is 2. The molecule has 0 aliphatic rings. The molecule has 0 rings (SSSR count). The third-order valence-corrected chi connectivity index (χ3v) is 7.73. The van der Waals surface area contributed by atoms with E-state index in [0.717, 1.165) is 13.2 Å². The van der Waals surface area contributed by atoms with Crippen molar-refractivity contribution in [3.8, 4) is 0 Å². The molecule has 0 atom stereocenters. The van der Waals surface area contributed by atoms with Gasteiger partial charge in [-0.25, -0.2) is 0 Å². The zero-order valence-corrected chi connectivity index (χ0v) is 10.3. The second kappa shape index (κ2) is 5.50. The second-order valence-corrected chi connectivity index (χ2v) is 8.30. The molecule has 0 aromatic carbocycles. The summed E-state index contributed by atoms with van der Waals surface area (Å²) in [7, 11) is 0. The Morgan fingerprint density at radius 1 is 1.18 bits per heavy atom. The van der Waals surface area contributed by atoms with E-state index in [4.69, 9.17) is 9.05 Å². The van der Waals surface area contributed by atoms with Gasteiger partial charge in [0.1, 0.15) is 0 Å². The van der Waals surface area contributed by atoms with Crippen LogP contribution in [-0.2, 0) is 9.05 Å². The molecule has 0 radical (unpaired) electrons. The molecule has 0 aliphatic heterocycles. The first kappa shape index (κ1) is 11.9. The fourth-order valence-electron chi connectivity index (χ4n) is 0.695. The molecule has 0 heterocycles. The summed E-state index contributed by atoms with van der Waals surface area (Å²) in [6.45, 7) is 9.67. The van der Waals surface area contributed by atoms with Crippen LogP contribution in [0.3, 0.4) is 0 Å². The van der Waals surface area contributed by atoms with Gasteiger partial charge in [0, 0.05) is 0 Å². The average molecular weight is 243 g/mol. The fraction of sp³-hybridized carbons (Fsp3) is 1.00. The molecule has 0 spiro atoms. The molecular weight excluding hydrogens is 226 g/mol. The maximum atomic E-state index is 5.56. The van der Waals surface area contributed by atoms with Gasteiger partial charge in [0.2, 0.25) is 0 Å². The van der Waals surface area contributed by atoms with Crippen molar-refractivity contribution >= 4 is 21.1 Å². The first-order valence-electron chi connectivity index (χ1n) is 3.95. The second-order valence-electron chi connectivity index (χ2n) is 2.47.